The number of carboxylic acid groups (broad SMARTS) is 1. The summed E-state index contributed by atoms with van der Waals surface area (Å²) in [6.07, 6.45) is 1.81. The van der Waals surface area contributed by atoms with Gasteiger partial charge in [-0.15, -0.1) is 11.3 Å². The van der Waals surface area contributed by atoms with Crippen LogP contribution in [0, 0.1) is 13.8 Å². The van der Waals surface area contributed by atoms with Crippen LogP contribution in [0.25, 0.3) is 0 Å². The Labute approximate surface area is 103 Å². The number of aromatic nitrogens is 1. The summed E-state index contributed by atoms with van der Waals surface area (Å²) >= 11 is 1.52. The summed E-state index contributed by atoms with van der Waals surface area (Å²) in [6.45, 7) is 5.63. The van der Waals surface area contributed by atoms with E-state index in [1.54, 1.807) is 0 Å². The number of nitrogens with one attached hydrogen (secondary N) is 1. The Morgan fingerprint density at radius 2 is 2.06 bits per heavy atom. The minimum atomic E-state index is -1.14. The van der Waals surface area contributed by atoms with Gasteiger partial charge in [0.15, 0.2) is 0 Å². The van der Waals surface area contributed by atoms with Crippen molar-refractivity contribution in [3.05, 3.63) is 27.7 Å². The smallest absolute Gasteiger partial charge is 0.328 e. The third-order valence-electron chi connectivity index (χ3n) is 2.07. The fourth-order valence-corrected chi connectivity index (χ4v) is 2.35. The summed E-state index contributed by atoms with van der Waals surface area (Å²) in [5, 5.41) is 12.0. The van der Waals surface area contributed by atoms with Crippen molar-refractivity contribution in [3.63, 3.8) is 0 Å². The Bertz CT molecular complexity index is 465. The normalized spacial score (nSPS) is 12.6. The number of hydrogen-bond acceptors (Lipinski definition) is 4. The first-order chi connectivity index (χ1) is 7.90. The molecule has 0 saturated carbocycles. The molecule has 0 bridgehead atoms. The van der Waals surface area contributed by atoms with Gasteiger partial charge in [-0.2, -0.15) is 0 Å². The largest absolute Gasteiger partial charge is 0.478 e. The van der Waals surface area contributed by atoms with Crippen LogP contribution in [0.1, 0.15) is 28.5 Å². The average molecular weight is 254 g/mol. The molecular weight excluding hydrogens is 240 g/mol. The second-order valence-corrected chi connectivity index (χ2v) is 4.82. The monoisotopic (exact) mass is 254 g/mol. The Morgan fingerprint density at radius 1 is 1.41 bits per heavy atom. The van der Waals surface area contributed by atoms with Crippen molar-refractivity contribution in [1.82, 2.24) is 10.3 Å². The highest BCUT2D eigenvalue weighted by Gasteiger charge is 2.14. The molecule has 5 nitrogen and oxygen atoms in total. The van der Waals surface area contributed by atoms with E-state index in [4.69, 9.17) is 5.11 Å². The van der Waals surface area contributed by atoms with E-state index in [9.17, 15) is 9.59 Å². The molecule has 0 aliphatic carbocycles. The third-order valence-corrected chi connectivity index (χ3v) is 3.32. The number of rotatable bonds is 4. The highest BCUT2D eigenvalue weighted by Crippen LogP contribution is 2.24. The maximum atomic E-state index is 11.4. The van der Waals surface area contributed by atoms with Crippen LogP contribution in [-0.2, 0) is 9.59 Å². The summed E-state index contributed by atoms with van der Waals surface area (Å²) in [5.74, 6) is -1.57. The van der Waals surface area contributed by atoms with E-state index >= 15 is 0 Å². The number of carbonyl (C=O) groups is 2. The van der Waals surface area contributed by atoms with Gasteiger partial charge < -0.3 is 10.4 Å². The van der Waals surface area contributed by atoms with Crippen molar-refractivity contribution in [2.24, 2.45) is 0 Å². The lowest BCUT2D eigenvalue weighted by Crippen LogP contribution is -2.24. The van der Waals surface area contributed by atoms with Gasteiger partial charge in [-0.3, -0.25) is 4.79 Å². The van der Waals surface area contributed by atoms with Gasteiger partial charge in [0.25, 0.3) is 0 Å². The molecule has 6 heteroatoms. The number of aliphatic carboxylic acids is 1. The molecule has 17 heavy (non-hydrogen) atoms. The zero-order valence-electron chi connectivity index (χ0n) is 9.85. The van der Waals surface area contributed by atoms with Crippen LogP contribution in [0.4, 0.5) is 0 Å². The quantitative estimate of drug-likeness (QED) is 0.799. The highest BCUT2D eigenvalue weighted by atomic mass is 32.1. The maximum Gasteiger partial charge on any atom is 0.328 e. The summed E-state index contributed by atoms with van der Waals surface area (Å²) in [7, 11) is 0. The van der Waals surface area contributed by atoms with Crippen molar-refractivity contribution in [2.45, 2.75) is 26.8 Å². The number of carbonyl (C=O) groups excluding carboxylic acids is 1. The first-order valence-corrected chi connectivity index (χ1v) is 5.87. The van der Waals surface area contributed by atoms with Crippen LogP contribution >= 0.6 is 11.3 Å². The summed E-state index contributed by atoms with van der Waals surface area (Å²) in [5.41, 5.74) is 0.891. The van der Waals surface area contributed by atoms with Crippen molar-refractivity contribution >= 4 is 23.2 Å². The number of thiazole rings is 1. The van der Waals surface area contributed by atoms with Gasteiger partial charge in [0.1, 0.15) is 0 Å². The molecule has 1 aromatic heterocycles. The van der Waals surface area contributed by atoms with Crippen molar-refractivity contribution in [3.8, 4) is 0 Å². The molecule has 0 fully saturated rings. The zero-order valence-corrected chi connectivity index (χ0v) is 10.7. The molecule has 0 aromatic carbocycles. The minimum absolute atomic E-state index is 0.174. The first kappa shape index (κ1) is 13.4. The Hall–Kier alpha value is -1.69. The minimum Gasteiger partial charge on any atom is -0.478 e. The molecule has 0 saturated heterocycles. The molecule has 1 atom stereocenters. The van der Waals surface area contributed by atoms with E-state index < -0.39 is 11.9 Å². The summed E-state index contributed by atoms with van der Waals surface area (Å²) < 4.78 is 0. The molecule has 0 aliphatic heterocycles. The molecule has 0 spiro atoms. The van der Waals surface area contributed by atoms with Gasteiger partial charge in [-0.25, -0.2) is 9.78 Å². The standard InChI is InChI=1S/C11H14N2O3S/c1-6-11(17-8(3)12-6)7(2)13-9(14)4-5-10(15)16/h4-5,7H,1-3H3,(H,13,14)(H,15,16)/b5-4+. The molecule has 92 valence electrons. The van der Waals surface area contributed by atoms with Gasteiger partial charge >= 0.3 is 5.97 Å². The molecule has 1 heterocycles. The Balaban J connectivity index is 2.66. The number of carboxylic acids is 1. The van der Waals surface area contributed by atoms with Crippen LogP contribution in [0.3, 0.4) is 0 Å². The van der Waals surface area contributed by atoms with Gasteiger partial charge in [-0.1, -0.05) is 0 Å². The van der Waals surface area contributed by atoms with Crippen LogP contribution in [0.15, 0.2) is 12.2 Å². The predicted molar refractivity (Wildman–Crippen MR) is 64.9 cm³/mol. The Kier molecular flexibility index (Phi) is 4.39. The molecule has 1 rings (SSSR count). The second-order valence-electron chi connectivity index (χ2n) is 3.58. The highest BCUT2D eigenvalue weighted by molar-refractivity contribution is 7.11. The molecule has 0 aliphatic rings. The van der Waals surface area contributed by atoms with E-state index in [2.05, 4.69) is 10.3 Å². The van der Waals surface area contributed by atoms with Gasteiger partial charge in [0.05, 0.1) is 16.7 Å². The van der Waals surface area contributed by atoms with E-state index in [0.717, 1.165) is 27.7 Å². The third kappa shape index (κ3) is 3.99. The zero-order chi connectivity index (χ0) is 13.0. The molecule has 0 radical (unpaired) electrons. The van der Waals surface area contributed by atoms with Crippen LogP contribution in [0.2, 0.25) is 0 Å². The molecular formula is C11H14N2O3S. The van der Waals surface area contributed by atoms with E-state index in [0.29, 0.717) is 0 Å². The number of nitrogens with zero attached hydrogens (tertiary/aromatic N) is 1. The van der Waals surface area contributed by atoms with E-state index in [1.165, 1.54) is 11.3 Å². The van der Waals surface area contributed by atoms with Gasteiger partial charge in [0.2, 0.25) is 5.91 Å². The van der Waals surface area contributed by atoms with Crippen LogP contribution in [-0.4, -0.2) is 22.0 Å². The van der Waals surface area contributed by atoms with Crippen molar-refractivity contribution < 1.29 is 14.7 Å². The molecule has 2 N–H and O–H groups in total. The summed E-state index contributed by atoms with van der Waals surface area (Å²) in [6, 6.07) is -0.174. The number of hydrogen-bond donors (Lipinski definition) is 2. The fourth-order valence-electron chi connectivity index (χ4n) is 1.42. The number of amides is 1. The number of aryl methyl sites for hydroxylation is 2. The van der Waals surface area contributed by atoms with E-state index in [1.807, 2.05) is 20.8 Å². The lowest BCUT2D eigenvalue weighted by atomic mass is 10.2. The molecule has 1 unspecified atom stereocenters. The Morgan fingerprint density at radius 3 is 2.53 bits per heavy atom. The first-order valence-electron chi connectivity index (χ1n) is 5.05. The van der Waals surface area contributed by atoms with Gasteiger partial charge in [-0.05, 0) is 20.8 Å². The maximum absolute atomic E-state index is 11.4. The molecule has 1 aromatic rings. The van der Waals surface area contributed by atoms with E-state index in [-0.39, 0.29) is 6.04 Å². The lowest BCUT2D eigenvalue weighted by Gasteiger charge is -2.10. The average Bonchev–Trinajstić information content (AvgIpc) is 2.55. The van der Waals surface area contributed by atoms with Crippen molar-refractivity contribution in [1.29, 1.82) is 0 Å². The SMILES string of the molecule is Cc1nc(C)c(C(C)NC(=O)/C=C/C(=O)O)s1. The summed E-state index contributed by atoms with van der Waals surface area (Å²) in [4.78, 5) is 26.9. The second kappa shape index (κ2) is 5.58. The predicted octanol–water partition coefficient (Wildman–Crippen LogP) is 1.58. The van der Waals surface area contributed by atoms with Gasteiger partial charge in [0, 0.05) is 17.0 Å². The topological polar surface area (TPSA) is 79.3 Å². The van der Waals surface area contributed by atoms with Crippen molar-refractivity contribution in [2.75, 3.05) is 0 Å². The van der Waals surface area contributed by atoms with Crippen LogP contribution < -0.4 is 5.32 Å². The lowest BCUT2D eigenvalue weighted by molar-refractivity contribution is -0.131. The van der Waals surface area contributed by atoms with Crippen LogP contribution in [0.5, 0.6) is 0 Å². The molecule has 1 amide bonds. The fraction of sp³-hybridized carbons (Fsp3) is 0.364.